The van der Waals surface area contributed by atoms with Crippen LogP contribution in [-0.2, 0) is 13.5 Å². The summed E-state index contributed by atoms with van der Waals surface area (Å²) in [6.45, 7) is 0. The molecule has 0 amide bonds. The van der Waals surface area contributed by atoms with E-state index in [1.807, 2.05) is 25.2 Å². The fourth-order valence-corrected chi connectivity index (χ4v) is 1.44. The molecule has 1 heterocycles. The molecule has 0 aliphatic carbocycles. The van der Waals surface area contributed by atoms with E-state index in [0.717, 1.165) is 23.0 Å². The van der Waals surface area contributed by atoms with Gasteiger partial charge in [-0.05, 0) is 24.1 Å². The minimum atomic E-state index is 0.547. The third-order valence-electron chi connectivity index (χ3n) is 2.20. The van der Waals surface area contributed by atoms with Gasteiger partial charge < -0.3 is 0 Å². The highest BCUT2D eigenvalue weighted by Crippen LogP contribution is 2.13. The Morgan fingerprint density at radius 2 is 2.36 bits per heavy atom. The van der Waals surface area contributed by atoms with Crippen LogP contribution in [0.3, 0.4) is 0 Å². The fraction of sp³-hybridized carbons (Fsp3) is 0.300. The van der Waals surface area contributed by atoms with Gasteiger partial charge in [-0.3, -0.25) is 0 Å². The van der Waals surface area contributed by atoms with Crippen LogP contribution in [-0.4, -0.2) is 15.0 Å². The summed E-state index contributed by atoms with van der Waals surface area (Å²) in [4.78, 5) is 0. The number of nitrogens with zero attached hydrogens (tertiary/aromatic N) is 4. The minimum Gasteiger partial charge on any atom is -0.248 e. The Kier molecular flexibility index (Phi) is 2.15. The SMILES string of the molecule is Cn1nnc2cc(CCC#N)ccc21. The topological polar surface area (TPSA) is 54.5 Å². The second-order valence-corrected chi connectivity index (χ2v) is 3.19. The molecule has 1 aromatic carbocycles. The molecular weight excluding hydrogens is 176 g/mol. The largest absolute Gasteiger partial charge is 0.248 e. The van der Waals surface area contributed by atoms with E-state index in [9.17, 15) is 0 Å². The Hall–Kier alpha value is -1.89. The van der Waals surface area contributed by atoms with Crippen molar-refractivity contribution in [2.75, 3.05) is 0 Å². The number of hydrogen-bond donors (Lipinski definition) is 0. The molecule has 0 spiro atoms. The number of benzene rings is 1. The molecular formula is C10H10N4. The van der Waals surface area contributed by atoms with Gasteiger partial charge in [-0.2, -0.15) is 5.26 Å². The Morgan fingerprint density at radius 3 is 3.14 bits per heavy atom. The lowest BCUT2D eigenvalue weighted by atomic mass is 10.1. The van der Waals surface area contributed by atoms with Crippen LogP contribution in [0.5, 0.6) is 0 Å². The zero-order valence-corrected chi connectivity index (χ0v) is 7.94. The van der Waals surface area contributed by atoms with Gasteiger partial charge in [0.05, 0.1) is 11.6 Å². The highest BCUT2D eigenvalue weighted by molar-refractivity contribution is 5.74. The number of hydrogen-bond acceptors (Lipinski definition) is 3. The van der Waals surface area contributed by atoms with Gasteiger partial charge in [0.1, 0.15) is 5.52 Å². The molecule has 0 aliphatic heterocycles. The molecule has 0 saturated carbocycles. The summed E-state index contributed by atoms with van der Waals surface area (Å²) in [7, 11) is 1.87. The molecule has 14 heavy (non-hydrogen) atoms. The molecule has 2 aromatic rings. The van der Waals surface area contributed by atoms with Crippen molar-refractivity contribution in [2.24, 2.45) is 7.05 Å². The highest BCUT2D eigenvalue weighted by Gasteiger charge is 2.01. The summed E-state index contributed by atoms with van der Waals surface area (Å²) in [6.07, 6.45) is 1.33. The van der Waals surface area contributed by atoms with Gasteiger partial charge in [-0.15, -0.1) is 5.10 Å². The van der Waals surface area contributed by atoms with Crippen molar-refractivity contribution in [3.63, 3.8) is 0 Å². The molecule has 0 unspecified atom stereocenters. The van der Waals surface area contributed by atoms with Crippen molar-refractivity contribution < 1.29 is 0 Å². The number of nitriles is 1. The number of rotatable bonds is 2. The predicted octanol–water partition coefficient (Wildman–Crippen LogP) is 1.42. The van der Waals surface area contributed by atoms with E-state index in [1.165, 1.54) is 0 Å². The average Bonchev–Trinajstić information content (AvgIpc) is 2.57. The van der Waals surface area contributed by atoms with E-state index in [2.05, 4.69) is 16.4 Å². The average molecular weight is 186 g/mol. The van der Waals surface area contributed by atoms with Gasteiger partial charge in [0, 0.05) is 13.5 Å². The van der Waals surface area contributed by atoms with Crippen molar-refractivity contribution in [3.8, 4) is 6.07 Å². The van der Waals surface area contributed by atoms with Crippen LogP contribution >= 0.6 is 0 Å². The van der Waals surface area contributed by atoms with E-state index in [4.69, 9.17) is 5.26 Å². The first-order chi connectivity index (χ1) is 6.81. The summed E-state index contributed by atoms with van der Waals surface area (Å²) in [5.41, 5.74) is 3.05. The quantitative estimate of drug-likeness (QED) is 0.712. The normalized spacial score (nSPS) is 10.3. The molecule has 0 saturated heterocycles. The van der Waals surface area contributed by atoms with Gasteiger partial charge in [-0.1, -0.05) is 11.3 Å². The molecule has 4 heteroatoms. The van der Waals surface area contributed by atoms with Crippen molar-refractivity contribution in [1.82, 2.24) is 15.0 Å². The molecule has 0 bridgehead atoms. The lowest BCUT2D eigenvalue weighted by Crippen LogP contribution is -1.89. The van der Waals surface area contributed by atoms with Crippen LogP contribution in [0.25, 0.3) is 11.0 Å². The smallest absolute Gasteiger partial charge is 0.113 e. The van der Waals surface area contributed by atoms with Crippen molar-refractivity contribution in [1.29, 1.82) is 5.26 Å². The molecule has 0 aliphatic rings. The summed E-state index contributed by atoms with van der Waals surface area (Å²) in [6, 6.07) is 8.12. The molecule has 4 nitrogen and oxygen atoms in total. The number of aryl methyl sites for hydroxylation is 2. The first kappa shape index (κ1) is 8.70. The third kappa shape index (κ3) is 1.44. The van der Waals surface area contributed by atoms with Crippen LogP contribution in [0.4, 0.5) is 0 Å². The Labute approximate surface area is 81.8 Å². The second kappa shape index (κ2) is 3.46. The Bertz CT molecular complexity index is 492. The Balaban J connectivity index is 2.38. The van der Waals surface area contributed by atoms with Gasteiger partial charge in [0.2, 0.25) is 0 Å². The van der Waals surface area contributed by atoms with Crippen molar-refractivity contribution >= 4 is 11.0 Å². The van der Waals surface area contributed by atoms with Crippen molar-refractivity contribution in [3.05, 3.63) is 23.8 Å². The predicted molar refractivity (Wildman–Crippen MR) is 52.4 cm³/mol. The van der Waals surface area contributed by atoms with Crippen LogP contribution in [0.2, 0.25) is 0 Å². The molecule has 0 radical (unpaired) electrons. The Morgan fingerprint density at radius 1 is 1.50 bits per heavy atom. The van der Waals surface area contributed by atoms with E-state index >= 15 is 0 Å². The van der Waals surface area contributed by atoms with Crippen LogP contribution < -0.4 is 0 Å². The van der Waals surface area contributed by atoms with Gasteiger partial charge in [0.15, 0.2) is 0 Å². The molecule has 70 valence electrons. The van der Waals surface area contributed by atoms with E-state index < -0.39 is 0 Å². The van der Waals surface area contributed by atoms with E-state index in [1.54, 1.807) is 4.68 Å². The number of fused-ring (bicyclic) bond motifs is 1. The molecule has 1 aromatic heterocycles. The van der Waals surface area contributed by atoms with Gasteiger partial charge >= 0.3 is 0 Å². The summed E-state index contributed by atoms with van der Waals surface area (Å²) in [5.74, 6) is 0. The zero-order chi connectivity index (χ0) is 9.97. The first-order valence-electron chi connectivity index (χ1n) is 4.46. The van der Waals surface area contributed by atoms with Crippen molar-refractivity contribution in [2.45, 2.75) is 12.8 Å². The van der Waals surface area contributed by atoms with E-state index in [-0.39, 0.29) is 0 Å². The number of aromatic nitrogens is 3. The molecule has 2 rings (SSSR count). The first-order valence-corrected chi connectivity index (χ1v) is 4.46. The van der Waals surface area contributed by atoms with Gasteiger partial charge in [0.25, 0.3) is 0 Å². The van der Waals surface area contributed by atoms with Gasteiger partial charge in [-0.25, -0.2) is 4.68 Å². The maximum Gasteiger partial charge on any atom is 0.113 e. The molecule has 0 fully saturated rings. The molecule has 0 atom stereocenters. The van der Waals surface area contributed by atoms with E-state index in [0.29, 0.717) is 6.42 Å². The van der Waals surface area contributed by atoms with Crippen LogP contribution in [0.15, 0.2) is 18.2 Å². The summed E-state index contributed by atoms with van der Waals surface area (Å²) < 4.78 is 1.74. The zero-order valence-electron chi connectivity index (χ0n) is 7.94. The van der Waals surface area contributed by atoms with Crippen LogP contribution in [0, 0.1) is 11.3 Å². The molecule has 0 N–H and O–H groups in total. The maximum atomic E-state index is 8.46. The third-order valence-corrected chi connectivity index (χ3v) is 2.20. The second-order valence-electron chi connectivity index (χ2n) is 3.19. The fourth-order valence-electron chi connectivity index (χ4n) is 1.44. The standard InChI is InChI=1S/C10H10N4/c1-14-10-5-4-8(3-2-6-11)7-9(10)12-13-14/h4-5,7H,2-3H2,1H3. The summed E-state index contributed by atoms with van der Waals surface area (Å²) >= 11 is 0. The lowest BCUT2D eigenvalue weighted by Gasteiger charge is -1.96. The maximum absolute atomic E-state index is 8.46. The lowest BCUT2D eigenvalue weighted by molar-refractivity contribution is 0.736. The highest BCUT2D eigenvalue weighted by atomic mass is 15.4. The summed E-state index contributed by atoms with van der Waals surface area (Å²) in [5, 5.41) is 16.4. The van der Waals surface area contributed by atoms with Crippen LogP contribution in [0.1, 0.15) is 12.0 Å². The monoisotopic (exact) mass is 186 g/mol. The minimum absolute atomic E-state index is 0.547.